The molecule has 4 aromatic rings. The highest BCUT2D eigenvalue weighted by atomic mass is 19.2. The van der Waals surface area contributed by atoms with Crippen molar-refractivity contribution in [3.05, 3.63) is 101 Å². The first-order valence-corrected chi connectivity index (χ1v) is 9.27. The zero-order valence-electron chi connectivity index (χ0n) is 15.6. The summed E-state index contributed by atoms with van der Waals surface area (Å²) in [4.78, 5) is 4.05. The third-order valence-electron chi connectivity index (χ3n) is 4.79. The van der Waals surface area contributed by atoms with E-state index in [0.717, 1.165) is 22.9 Å². The smallest absolute Gasteiger partial charge is 0.170 e. The molecule has 0 unspecified atom stereocenters. The van der Waals surface area contributed by atoms with Gasteiger partial charge in [0.1, 0.15) is 5.82 Å². The zero-order chi connectivity index (χ0) is 20.2. The number of nitrogens with zero attached hydrogens (tertiary/aromatic N) is 2. The third-order valence-corrected chi connectivity index (χ3v) is 4.79. The first-order valence-electron chi connectivity index (χ1n) is 9.27. The summed E-state index contributed by atoms with van der Waals surface area (Å²) in [5, 5.41) is 4.11. The van der Waals surface area contributed by atoms with E-state index < -0.39 is 11.6 Å². The molecule has 6 heteroatoms. The molecule has 0 radical (unpaired) electrons. The molecule has 0 spiro atoms. The molecule has 4 rings (SSSR count). The van der Waals surface area contributed by atoms with E-state index in [0.29, 0.717) is 42.0 Å². The summed E-state index contributed by atoms with van der Waals surface area (Å²) in [7, 11) is 0. The quantitative estimate of drug-likeness (QED) is 0.504. The second-order valence-electron chi connectivity index (χ2n) is 6.82. The lowest BCUT2D eigenvalue weighted by molar-refractivity contribution is 0.425. The summed E-state index contributed by atoms with van der Waals surface area (Å²) < 4.78 is 32.5. The van der Waals surface area contributed by atoms with Crippen LogP contribution in [0.1, 0.15) is 22.4 Å². The normalized spacial score (nSPS) is 11.0. The van der Waals surface area contributed by atoms with Gasteiger partial charge in [0.2, 0.25) is 0 Å². The summed E-state index contributed by atoms with van der Waals surface area (Å²) in [6.07, 6.45) is 3.32. The second kappa shape index (κ2) is 8.22. The highest BCUT2D eigenvalue weighted by molar-refractivity contribution is 5.69. The molecule has 0 aliphatic rings. The number of halogens is 2. The van der Waals surface area contributed by atoms with E-state index >= 15 is 0 Å². The maximum atomic E-state index is 13.8. The minimum Gasteiger partial charge on any atom is -0.383 e. The molecule has 0 aliphatic carbocycles. The van der Waals surface area contributed by atoms with E-state index in [2.05, 4.69) is 10.1 Å². The molecule has 2 heterocycles. The van der Waals surface area contributed by atoms with Crippen LogP contribution in [0.3, 0.4) is 0 Å². The number of hydrogen-bond donors (Lipinski definition) is 1. The number of aromatic nitrogens is 2. The van der Waals surface area contributed by atoms with Crippen molar-refractivity contribution in [1.82, 2.24) is 10.1 Å². The van der Waals surface area contributed by atoms with Gasteiger partial charge in [-0.3, -0.25) is 0 Å². The molecule has 146 valence electrons. The molecule has 0 atom stereocenters. The SMILES string of the molecule is Nc1ncccc1-c1cc(Cc2ccc(CCc3cccc(F)c3F)cc2)no1. The van der Waals surface area contributed by atoms with Gasteiger partial charge in [-0.05, 0) is 47.7 Å². The van der Waals surface area contributed by atoms with Crippen LogP contribution in [0, 0.1) is 11.6 Å². The topological polar surface area (TPSA) is 64.9 Å². The predicted octanol–water partition coefficient (Wildman–Crippen LogP) is 4.97. The van der Waals surface area contributed by atoms with Gasteiger partial charge in [0.15, 0.2) is 17.4 Å². The van der Waals surface area contributed by atoms with Crippen LogP contribution >= 0.6 is 0 Å². The van der Waals surface area contributed by atoms with Crippen molar-refractivity contribution in [2.45, 2.75) is 19.3 Å². The molecule has 0 bridgehead atoms. The summed E-state index contributed by atoms with van der Waals surface area (Å²) in [5.74, 6) is -0.591. The molecule has 0 fully saturated rings. The molecule has 0 saturated carbocycles. The van der Waals surface area contributed by atoms with E-state index in [1.807, 2.05) is 36.4 Å². The fraction of sp³-hybridized carbons (Fsp3) is 0.130. The fourth-order valence-corrected chi connectivity index (χ4v) is 3.20. The maximum absolute atomic E-state index is 13.8. The van der Waals surface area contributed by atoms with Gasteiger partial charge in [-0.25, -0.2) is 13.8 Å². The fourth-order valence-electron chi connectivity index (χ4n) is 3.20. The second-order valence-corrected chi connectivity index (χ2v) is 6.82. The van der Waals surface area contributed by atoms with Crippen LogP contribution in [0.4, 0.5) is 14.6 Å². The van der Waals surface area contributed by atoms with Crippen molar-refractivity contribution in [2.24, 2.45) is 0 Å². The Bertz CT molecular complexity index is 1120. The lowest BCUT2D eigenvalue weighted by Crippen LogP contribution is -1.97. The molecule has 29 heavy (non-hydrogen) atoms. The van der Waals surface area contributed by atoms with Crippen LogP contribution in [0.2, 0.25) is 0 Å². The van der Waals surface area contributed by atoms with Crippen LogP contribution in [0.15, 0.2) is 71.4 Å². The summed E-state index contributed by atoms with van der Waals surface area (Å²) in [5.41, 5.74) is 9.90. The van der Waals surface area contributed by atoms with Crippen LogP contribution < -0.4 is 5.73 Å². The number of hydrogen-bond acceptors (Lipinski definition) is 4. The Morgan fingerprint density at radius 2 is 1.69 bits per heavy atom. The van der Waals surface area contributed by atoms with Gasteiger partial charge in [-0.2, -0.15) is 0 Å². The standard InChI is InChI=1S/C23H19F2N3O/c24-20-5-1-3-17(22(20)25)11-10-15-6-8-16(9-7-15)13-18-14-21(29-28-18)19-4-2-12-27-23(19)26/h1-9,12,14H,10-11,13H2,(H2,26,27). The molecular formula is C23H19F2N3O. The first kappa shape index (κ1) is 18.8. The van der Waals surface area contributed by atoms with Gasteiger partial charge in [0.05, 0.1) is 11.3 Å². The predicted molar refractivity (Wildman–Crippen MR) is 107 cm³/mol. The van der Waals surface area contributed by atoms with Crippen molar-refractivity contribution in [2.75, 3.05) is 5.73 Å². The molecule has 0 saturated heterocycles. The lowest BCUT2D eigenvalue weighted by Gasteiger charge is -2.05. The van der Waals surface area contributed by atoms with Gasteiger partial charge >= 0.3 is 0 Å². The summed E-state index contributed by atoms with van der Waals surface area (Å²) >= 11 is 0. The van der Waals surface area contributed by atoms with E-state index in [4.69, 9.17) is 10.3 Å². The minimum atomic E-state index is -0.808. The van der Waals surface area contributed by atoms with Crippen LogP contribution in [0.5, 0.6) is 0 Å². The number of rotatable bonds is 6. The number of aryl methyl sites for hydroxylation is 2. The zero-order valence-corrected chi connectivity index (χ0v) is 15.6. The Kier molecular flexibility index (Phi) is 5.33. The number of anilines is 1. The number of nitrogen functional groups attached to an aromatic ring is 1. The van der Waals surface area contributed by atoms with E-state index in [9.17, 15) is 8.78 Å². The van der Waals surface area contributed by atoms with Gasteiger partial charge in [0.25, 0.3) is 0 Å². The molecule has 0 aliphatic heterocycles. The highest BCUT2D eigenvalue weighted by Gasteiger charge is 2.11. The van der Waals surface area contributed by atoms with E-state index in [1.165, 1.54) is 6.07 Å². The lowest BCUT2D eigenvalue weighted by atomic mass is 10.0. The molecule has 2 N–H and O–H groups in total. The van der Waals surface area contributed by atoms with Crippen molar-refractivity contribution in [3.8, 4) is 11.3 Å². The van der Waals surface area contributed by atoms with Gasteiger partial charge < -0.3 is 10.3 Å². The molecule has 2 aromatic heterocycles. The van der Waals surface area contributed by atoms with Crippen molar-refractivity contribution < 1.29 is 13.3 Å². The van der Waals surface area contributed by atoms with Gasteiger partial charge in [-0.1, -0.05) is 41.6 Å². The first-order chi connectivity index (χ1) is 14.1. The minimum absolute atomic E-state index is 0.388. The number of nitrogens with two attached hydrogens (primary N) is 1. The van der Waals surface area contributed by atoms with Crippen LogP contribution in [-0.2, 0) is 19.3 Å². The number of benzene rings is 2. The van der Waals surface area contributed by atoms with E-state index in [-0.39, 0.29) is 0 Å². The number of pyridine rings is 1. The average Bonchev–Trinajstić information content (AvgIpc) is 3.19. The summed E-state index contributed by atoms with van der Waals surface area (Å²) in [6.45, 7) is 0. The monoisotopic (exact) mass is 391 g/mol. The molecule has 4 nitrogen and oxygen atoms in total. The van der Waals surface area contributed by atoms with Gasteiger partial charge in [-0.15, -0.1) is 0 Å². The Labute approximate surface area is 167 Å². The van der Waals surface area contributed by atoms with Crippen molar-refractivity contribution in [3.63, 3.8) is 0 Å². The molecular weight excluding hydrogens is 372 g/mol. The Hall–Kier alpha value is -3.54. The Morgan fingerprint density at radius 1 is 0.897 bits per heavy atom. The summed E-state index contributed by atoms with van der Waals surface area (Å²) in [6, 6.07) is 17.8. The van der Waals surface area contributed by atoms with Gasteiger partial charge in [0, 0.05) is 18.7 Å². The third kappa shape index (κ3) is 4.32. The van der Waals surface area contributed by atoms with Crippen LogP contribution in [0.25, 0.3) is 11.3 Å². The van der Waals surface area contributed by atoms with Crippen LogP contribution in [-0.4, -0.2) is 10.1 Å². The maximum Gasteiger partial charge on any atom is 0.170 e. The van der Waals surface area contributed by atoms with Crippen molar-refractivity contribution >= 4 is 5.82 Å². The highest BCUT2D eigenvalue weighted by Crippen LogP contribution is 2.25. The largest absolute Gasteiger partial charge is 0.383 e. The Balaban J connectivity index is 1.40. The Morgan fingerprint density at radius 3 is 2.48 bits per heavy atom. The van der Waals surface area contributed by atoms with E-state index in [1.54, 1.807) is 18.3 Å². The van der Waals surface area contributed by atoms with Crippen molar-refractivity contribution in [1.29, 1.82) is 0 Å². The molecule has 0 amide bonds. The average molecular weight is 391 g/mol. The molecule has 2 aromatic carbocycles.